The molecule has 1 atom stereocenters. The van der Waals surface area contributed by atoms with Crippen molar-refractivity contribution in [1.29, 1.82) is 0 Å². The molecule has 1 aromatic heterocycles. The Morgan fingerprint density at radius 1 is 1.35 bits per heavy atom. The second-order valence-corrected chi connectivity index (χ2v) is 4.50. The Hall–Kier alpha value is -1.33. The van der Waals surface area contributed by atoms with Gasteiger partial charge in [-0.3, -0.25) is 9.97 Å². The van der Waals surface area contributed by atoms with Crippen LogP contribution in [0.1, 0.15) is 17.4 Å². The summed E-state index contributed by atoms with van der Waals surface area (Å²) in [5, 5.41) is 9.90. The normalized spacial score (nSPS) is 12.4. The van der Waals surface area contributed by atoms with E-state index in [9.17, 15) is 9.50 Å². The molecule has 0 bridgehead atoms. The lowest BCUT2D eigenvalue weighted by molar-refractivity contribution is 0.172. The molecule has 1 unspecified atom stereocenters. The molecule has 1 heterocycles. The average molecular weight is 297 g/mol. The van der Waals surface area contributed by atoms with Crippen molar-refractivity contribution in [3.05, 3.63) is 58.3 Å². The highest BCUT2D eigenvalue weighted by Gasteiger charge is 2.13. The molecule has 0 radical (unpaired) electrons. The first kappa shape index (κ1) is 12.1. The number of hydrogen-bond acceptors (Lipinski definition) is 3. The van der Waals surface area contributed by atoms with Crippen molar-refractivity contribution in [3.8, 4) is 0 Å². The smallest absolute Gasteiger partial charge is 0.126 e. The van der Waals surface area contributed by atoms with E-state index >= 15 is 0 Å². The molecule has 0 saturated heterocycles. The highest BCUT2D eigenvalue weighted by molar-refractivity contribution is 9.10. The van der Waals surface area contributed by atoms with Gasteiger partial charge in [-0.15, -0.1) is 0 Å². The lowest BCUT2D eigenvalue weighted by atomic mass is 10.1. The van der Waals surface area contributed by atoms with Crippen molar-refractivity contribution >= 4 is 15.9 Å². The number of halogens is 2. The first-order valence-corrected chi connectivity index (χ1v) is 5.84. The van der Waals surface area contributed by atoms with Crippen molar-refractivity contribution in [2.75, 3.05) is 0 Å². The van der Waals surface area contributed by atoms with Gasteiger partial charge in [0.05, 0.1) is 11.9 Å². The fourth-order valence-electron chi connectivity index (χ4n) is 1.50. The van der Waals surface area contributed by atoms with Gasteiger partial charge < -0.3 is 5.11 Å². The first-order valence-electron chi connectivity index (χ1n) is 5.04. The van der Waals surface area contributed by atoms with Crippen LogP contribution >= 0.6 is 15.9 Å². The van der Waals surface area contributed by atoms with E-state index in [2.05, 4.69) is 25.9 Å². The fraction of sp³-hybridized carbons (Fsp3) is 0.167. The molecule has 0 saturated carbocycles. The third-order valence-corrected chi connectivity index (χ3v) is 2.84. The lowest BCUT2D eigenvalue weighted by Crippen LogP contribution is -2.05. The molecular weight excluding hydrogens is 287 g/mol. The molecule has 17 heavy (non-hydrogen) atoms. The standard InChI is InChI=1S/C12H10BrFN2O/c13-9-1-2-10(14)8(5-9)6-12(17)11-7-15-3-4-16-11/h1-5,7,12,17H,6H2. The van der Waals surface area contributed by atoms with Crippen LogP contribution < -0.4 is 0 Å². The lowest BCUT2D eigenvalue weighted by Gasteiger charge is -2.10. The van der Waals surface area contributed by atoms with Crippen LogP contribution in [0.3, 0.4) is 0 Å². The quantitative estimate of drug-likeness (QED) is 0.947. The molecule has 0 aliphatic heterocycles. The molecule has 0 amide bonds. The maximum Gasteiger partial charge on any atom is 0.126 e. The van der Waals surface area contributed by atoms with Gasteiger partial charge in [0.1, 0.15) is 11.9 Å². The van der Waals surface area contributed by atoms with Gasteiger partial charge in [0.15, 0.2) is 0 Å². The number of rotatable bonds is 3. The summed E-state index contributed by atoms with van der Waals surface area (Å²) < 4.78 is 14.3. The zero-order valence-corrected chi connectivity index (χ0v) is 10.4. The minimum absolute atomic E-state index is 0.171. The van der Waals surface area contributed by atoms with Crippen LogP contribution in [0, 0.1) is 5.82 Å². The SMILES string of the molecule is OC(Cc1cc(Br)ccc1F)c1cnccn1. The Kier molecular flexibility index (Phi) is 3.81. The molecule has 1 N–H and O–H groups in total. The van der Waals surface area contributed by atoms with Gasteiger partial charge in [0, 0.05) is 23.3 Å². The van der Waals surface area contributed by atoms with E-state index in [1.165, 1.54) is 24.7 Å². The van der Waals surface area contributed by atoms with E-state index in [-0.39, 0.29) is 12.2 Å². The third-order valence-electron chi connectivity index (χ3n) is 2.35. The van der Waals surface area contributed by atoms with Crippen LogP contribution in [0.15, 0.2) is 41.3 Å². The van der Waals surface area contributed by atoms with Crippen molar-refractivity contribution < 1.29 is 9.50 Å². The maximum atomic E-state index is 13.5. The van der Waals surface area contributed by atoms with Crippen LogP contribution in [0.5, 0.6) is 0 Å². The highest BCUT2D eigenvalue weighted by atomic mass is 79.9. The van der Waals surface area contributed by atoms with E-state index in [0.29, 0.717) is 11.3 Å². The average Bonchev–Trinajstić information content (AvgIpc) is 2.35. The van der Waals surface area contributed by atoms with Crippen LogP contribution in [0.2, 0.25) is 0 Å². The summed E-state index contributed by atoms with van der Waals surface area (Å²) in [6.45, 7) is 0. The minimum atomic E-state index is -0.854. The largest absolute Gasteiger partial charge is 0.386 e. The number of benzene rings is 1. The molecule has 5 heteroatoms. The second-order valence-electron chi connectivity index (χ2n) is 3.59. The number of nitrogens with zero attached hydrogens (tertiary/aromatic N) is 2. The summed E-state index contributed by atoms with van der Waals surface area (Å²) in [6.07, 6.45) is 3.81. The van der Waals surface area contributed by atoms with E-state index in [0.717, 1.165) is 4.47 Å². The van der Waals surface area contributed by atoms with Gasteiger partial charge in [-0.05, 0) is 23.8 Å². The van der Waals surface area contributed by atoms with Gasteiger partial charge in [-0.1, -0.05) is 15.9 Å². The number of aromatic nitrogens is 2. The Morgan fingerprint density at radius 2 is 2.18 bits per heavy atom. The first-order chi connectivity index (χ1) is 8.16. The van der Waals surface area contributed by atoms with Gasteiger partial charge in [-0.2, -0.15) is 0 Å². The summed E-state index contributed by atoms with van der Waals surface area (Å²) in [5.74, 6) is -0.337. The van der Waals surface area contributed by atoms with E-state index < -0.39 is 6.10 Å². The monoisotopic (exact) mass is 296 g/mol. The second kappa shape index (κ2) is 5.33. The van der Waals surface area contributed by atoms with Gasteiger partial charge in [0.25, 0.3) is 0 Å². The summed E-state index contributed by atoms with van der Waals surface area (Å²) in [7, 11) is 0. The van der Waals surface area contributed by atoms with Crippen LogP contribution in [-0.4, -0.2) is 15.1 Å². The molecule has 88 valence electrons. The van der Waals surface area contributed by atoms with Crippen LogP contribution in [-0.2, 0) is 6.42 Å². The molecular formula is C12H10BrFN2O. The Bertz CT molecular complexity index is 507. The van der Waals surface area contributed by atoms with E-state index in [1.807, 2.05) is 0 Å². The molecule has 3 nitrogen and oxygen atoms in total. The third kappa shape index (κ3) is 3.08. The van der Waals surface area contributed by atoms with Crippen LogP contribution in [0.4, 0.5) is 4.39 Å². The predicted octanol–water partition coefficient (Wildman–Crippen LogP) is 2.65. The van der Waals surface area contributed by atoms with Crippen LogP contribution in [0.25, 0.3) is 0 Å². The van der Waals surface area contributed by atoms with Crippen molar-refractivity contribution in [2.45, 2.75) is 12.5 Å². The van der Waals surface area contributed by atoms with Crippen molar-refractivity contribution in [2.24, 2.45) is 0 Å². The molecule has 0 aliphatic carbocycles. The van der Waals surface area contributed by atoms with Gasteiger partial charge in [0.2, 0.25) is 0 Å². The topological polar surface area (TPSA) is 46.0 Å². The highest BCUT2D eigenvalue weighted by Crippen LogP contribution is 2.21. The summed E-state index contributed by atoms with van der Waals surface area (Å²) >= 11 is 3.27. The number of aliphatic hydroxyl groups excluding tert-OH is 1. The van der Waals surface area contributed by atoms with Crippen molar-refractivity contribution in [3.63, 3.8) is 0 Å². The van der Waals surface area contributed by atoms with Crippen molar-refractivity contribution in [1.82, 2.24) is 9.97 Å². The predicted molar refractivity (Wildman–Crippen MR) is 64.8 cm³/mol. The summed E-state index contributed by atoms with van der Waals surface area (Å²) in [4.78, 5) is 7.84. The van der Waals surface area contributed by atoms with E-state index in [4.69, 9.17) is 0 Å². The van der Waals surface area contributed by atoms with Gasteiger partial charge >= 0.3 is 0 Å². The Balaban J connectivity index is 2.18. The molecule has 0 fully saturated rings. The Labute approximate surface area is 106 Å². The molecule has 2 aromatic rings. The summed E-state index contributed by atoms with van der Waals surface area (Å²) in [5.41, 5.74) is 0.879. The Morgan fingerprint density at radius 3 is 2.88 bits per heavy atom. The molecule has 2 rings (SSSR count). The maximum absolute atomic E-state index is 13.5. The molecule has 0 spiro atoms. The van der Waals surface area contributed by atoms with E-state index in [1.54, 1.807) is 12.1 Å². The number of hydrogen-bond donors (Lipinski definition) is 1. The fourth-order valence-corrected chi connectivity index (χ4v) is 1.90. The molecule has 1 aromatic carbocycles. The van der Waals surface area contributed by atoms with Gasteiger partial charge in [-0.25, -0.2) is 4.39 Å². The zero-order chi connectivity index (χ0) is 12.3. The number of aliphatic hydroxyl groups is 1. The zero-order valence-electron chi connectivity index (χ0n) is 8.85. The summed E-state index contributed by atoms with van der Waals surface area (Å²) in [6, 6.07) is 4.63. The minimum Gasteiger partial charge on any atom is -0.386 e. The molecule has 0 aliphatic rings.